The van der Waals surface area contributed by atoms with Gasteiger partial charge in [-0.25, -0.2) is 4.98 Å². The third kappa shape index (κ3) is 3.74. The molecule has 24 heavy (non-hydrogen) atoms. The number of carbonyl (C=O) groups excluding carboxylic acids is 1. The Labute approximate surface area is 143 Å². The lowest BCUT2D eigenvalue weighted by molar-refractivity contribution is 0.0953. The molecule has 1 fully saturated rings. The van der Waals surface area contributed by atoms with Crippen LogP contribution in [-0.2, 0) is 0 Å². The number of anilines is 1. The van der Waals surface area contributed by atoms with Crippen LogP contribution in [0.4, 0.5) is 5.82 Å². The van der Waals surface area contributed by atoms with Gasteiger partial charge in [0.25, 0.3) is 5.91 Å². The maximum Gasteiger partial charge on any atom is 0.255 e. The van der Waals surface area contributed by atoms with Crippen LogP contribution < -0.4 is 15.5 Å². The van der Waals surface area contributed by atoms with Crippen molar-refractivity contribution in [3.63, 3.8) is 0 Å². The Morgan fingerprint density at radius 3 is 2.92 bits per heavy atom. The van der Waals surface area contributed by atoms with E-state index in [1.54, 1.807) is 6.20 Å². The predicted octanol–water partition coefficient (Wildman–Crippen LogP) is 2.37. The van der Waals surface area contributed by atoms with E-state index in [4.69, 9.17) is 0 Å². The fourth-order valence-electron chi connectivity index (χ4n) is 3.01. The van der Waals surface area contributed by atoms with E-state index in [1.807, 2.05) is 25.1 Å². The van der Waals surface area contributed by atoms with Crippen molar-refractivity contribution in [3.05, 3.63) is 59.8 Å². The highest BCUT2D eigenvalue weighted by Gasteiger charge is 2.24. The third-order valence-corrected chi connectivity index (χ3v) is 4.24. The quantitative estimate of drug-likeness (QED) is 0.886. The largest absolute Gasteiger partial charge is 0.353 e. The monoisotopic (exact) mass is 324 g/mol. The van der Waals surface area contributed by atoms with Gasteiger partial charge in [0.1, 0.15) is 5.82 Å². The van der Waals surface area contributed by atoms with Crippen molar-refractivity contribution in [2.45, 2.75) is 19.4 Å². The lowest BCUT2D eigenvalue weighted by Crippen LogP contribution is -2.46. The number of piperazine rings is 1. The van der Waals surface area contributed by atoms with Crippen LogP contribution in [0, 0.1) is 0 Å². The Bertz CT molecular complexity index is 674. The van der Waals surface area contributed by atoms with Crippen molar-refractivity contribution in [1.29, 1.82) is 0 Å². The molecule has 2 heterocycles. The summed E-state index contributed by atoms with van der Waals surface area (Å²) in [5.74, 6) is 0.725. The Morgan fingerprint density at radius 1 is 1.29 bits per heavy atom. The minimum atomic E-state index is -0.0465. The van der Waals surface area contributed by atoms with Crippen LogP contribution in [0.3, 0.4) is 0 Å². The number of benzene rings is 1. The number of nitrogens with zero attached hydrogens (tertiary/aromatic N) is 2. The highest BCUT2D eigenvalue weighted by Crippen LogP contribution is 2.23. The minimum Gasteiger partial charge on any atom is -0.353 e. The number of carbonyl (C=O) groups is 1. The van der Waals surface area contributed by atoms with Crippen LogP contribution in [-0.4, -0.2) is 37.1 Å². The van der Waals surface area contributed by atoms with Crippen LogP contribution in [0.2, 0.25) is 0 Å². The van der Waals surface area contributed by atoms with E-state index in [-0.39, 0.29) is 11.9 Å². The van der Waals surface area contributed by atoms with Crippen molar-refractivity contribution in [2.24, 2.45) is 0 Å². The highest BCUT2D eigenvalue weighted by atomic mass is 16.1. The summed E-state index contributed by atoms with van der Waals surface area (Å²) in [6, 6.07) is 14.3. The first-order chi connectivity index (χ1) is 11.8. The molecule has 0 aliphatic carbocycles. The first-order valence-corrected chi connectivity index (χ1v) is 8.56. The molecule has 1 aromatic carbocycles. The number of amides is 1. The topological polar surface area (TPSA) is 57.3 Å². The van der Waals surface area contributed by atoms with E-state index in [0.29, 0.717) is 12.1 Å². The third-order valence-electron chi connectivity index (χ3n) is 4.24. The lowest BCUT2D eigenvalue weighted by atomic mass is 10.0. The number of hydrogen-bond acceptors (Lipinski definition) is 4. The van der Waals surface area contributed by atoms with E-state index in [0.717, 1.165) is 31.9 Å². The zero-order valence-electron chi connectivity index (χ0n) is 14.0. The molecule has 126 valence electrons. The first kappa shape index (κ1) is 16.5. The summed E-state index contributed by atoms with van der Waals surface area (Å²) < 4.78 is 0. The van der Waals surface area contributed by atoms with E-state index in [9.17, 15) is 4.79 Å². The van der Waals surface area contributed by atoms with Crippen LogP contribution >= 0.6 is 0 Å². The zero-order valence-corrected chi connectivity index (χ0v) is 14.0. The van der Waals surface area contributed by atoms with Crippen molar-refractivity contribution < 1.29 is 4.79 Å². The minimum absolute atomic E-state index is 0.0465. The van der Waals surface area contributed by atoms with E-state index < -0.39 is 0 Å². The Hall–Kier alpha value is -2.40. The molecule has 5 nitrogen and oxygen atoms in total. The Balaban J connectivity index is 1.80. The van der Waals surface area contributed by atoms with Crippen molar-refractivity contribution in [1.82, 2.24) is 15.6 Å². The second-order valence-corrected chi connectivity index (χ2v) is 5.99. The summed E-state index contributed by atoms with van der Waals surface area (Å²) in [5, 5.41) is 6.50. The summed E-state index contributed by atoms with van der Waals surface area (Å²) in [5.41, 5.74) is 1.91. The van der Waals surface area contributed by atoms with Gasteiger partial charge in [0.05, 0.1) is 5.56 Å². The average molecular weight is 324 g/mol. The van der Waals surface area contributed by atoms with Gasteiger partial charge in [0.15, 0.2) is 0 Å². The molecule has 1 aliphatic rings. The van der Waals surface area contributed by atoms with Crippen LogP contribution in [0.15, 0.2) is 48.7 Å². The van der Waals surface area contributed by atoms with Crippen LogP contribution in [0.25, 0.3) is 0 Å². The van der Waals surface area contributed by atoms with Gasteiger partial charge < -0.3 is 15.5 Å². The fourth-order valence-corrected chi connectivity index (χ4v) is 3.01. The number of aromatic nitrogens is 1. The van der Waals surface area contributed by atoms with Crippen molar-refractivity contribution >= 4 is 11.7 Å². The second kappa shape index (κ2) is 7.93. The van der Waals surface area contributed by atoms with E-state index in [1.165, 1.54) is 5.56 Å². The van der Waals surface area contributed by atoms with Crippen LogP contribution in [0.1, 0.15) is 35.3 Å². The van der Waals surface area contributed by atoms with E-state index >= 15 is 0 Å². The van der Waals surface area contributed by atoms with E-state index in [2.05, 4.69) is 44.8 Å². The second-order valence-electron chi connectivity index (χ2n) is 5.99. The van der Waals surface area contributed by atoms with Crippen LogP contribution in [0.5, 0.6) is 0 Å². The molecular weight excluding hydrogens is 300 g/mol. The maximum atomic E-state index is 12.4. The van der Waals surface area contributed by atoms with Crippen molar-refractivity contribution in [3.8, 4) is 0 Å². The smallest absolute Gasteiger partial charge is 0.255 e. The molecule has 2 aromatic rings. The summed E-state index contributed by atoms with van der Waals surface area (Å²) in [7, 11) is 0. The normalized spacial score (nSPS) is 17.5. The molecule has 0 spiro atoms. The molecule has 1 aliphatic heterocycles. The summed E-state index contributed by atoms with van der Waals surface area (Å²) >= 11 is 0. The van der Waals surface area contributed by atoms with Crippen molar-refractivity contribution in [2.75, 3.05) is 31.1 Å². The Kier molecular flexibility index (Phi) is 5.43. The summed E-state index contributed by atoms with van der Waals surface area (Å²) in [6.45, 7) is 5.24. The Morgan fingerprint density at radius 2 is 2.12 bits per heavy atom. The molecule has 1 saturated heterocycles. The lowest BCUT2D eigenvalue weighted by Gasteiger charge is -2.35. The summed E-state index contributed by atoms with van der Waals surface area (Å²) in [4.78, 5) is 19.1. The van der Waals surface area contributed by atoms with Gasteiger partial charge in [-0.05, 0) is 24.1 Å². The molecular formula is C19H24N4O. The summed E-state index contributed by atoms with van der Waals surface area (Å²) in [6.07, 6.45) is 2.68. The predicted molar refractivity (Wildman–Crippen MR) is 96.3 cm³/mol. The SMILES string of the molecule is CCCNC(=O)c1cccnc1N1CCN[C@@H](c2ccccc2)C1. The average Bonchev–Trinajstić information content (AvgIpc) is 2.67. The number of rotatable bonds is 5. The first-order valence-electron chi connectivity index (χ1n) is 8.56. The molecule has 1 amide bonds. The fraction of sp³-hybridized carbons (Fsp3) is 0.368. The molecule has 3 rings (SSSR count). The molecule has 1 aromatic heterocycles. The molecule has 0 radical (unpaired) electrons. The zero-order chi connectivity index (χ0) is 16.8. The molecule has 0 saturated carbocycles. The standard InChI is InChI=1S/C19H24N4O/c1-2-10-22-19(24)16-9-6-11-21-18(16)23-13-12-20-17(14-23)15-7-4-3-5-8-15/h3-9,11,17,20H,2,10,12-14H2,1H3,(H,22,24)/t17-/m1/s1. The molecule has 1 atom stereocenters. The highest BCUT2D eigenvalue weighted by molar-refractivity contribution is 5.98. The van der Waals surface area contributed by atoms with Gasteiger partial charge in [-0.1, -0.05) is 37.3 Å². The van der Waals surface area contributed by atoms with Gasteiger partial charge in [0, 0.05) is 38.4 Å². The van der Waals surface area contributed by atoms with Gasteiger partial charge in [0.2, 0.25) is 0 Å². The van der Waals surface area contributed by atoms with Gasteiger partial charge in [-0.3, -0.25) is 4.79 Å². The van der Waals surface area contributed by atoms with Gasteiger partial charge in [-0.2, -0.15) is 0 Å². The maximum absolute atomic E-state index is 12.4. The molecule has 0 unspecified atom stereocenters. The van der Waals surface area contributed by atoms with Gasteiger partial charge in [-0.15, -0.1) is 0 Å². The number of hydrogen-bond donors (Lipinski definition) is 2. The number of pyridine rings is 1. The van der Waals surface area contributed by atoms with Gasteiger partial charge >= 0.3 is 0 Å². The molecule has 5 heteroatoms. The molecule has 0 bridgehead atoms. The molecule has 2 N–H and O–H groups in total. The number of nitrogens with one attached hydrogen (secondary N) is 2.